The van der Waals surface area contributed by atoms with Gasteiger partial charge in [0.25, 0.3) is 0 Å². The van der Waals surface area contributed by atoms with Crippen molar-refractivity contribution in [2.45, 2.75) is 50.9 Å². The molecule has 0 N–H and O–H groups in total. The fourth-order valence-corrected chi connectivity index (χ4v) is 1.77. The highest BCUT2D eigenvalue weighted by Crippen LogP contribution is 2.17. The Balaban J connectivity index is 1.41. The summed E-state index contributed by atoms with van der Waals surface area (Å²) < 4.78 is 16.2. The van der Waals surface area contributed by atoms with Crippen molar-refractivity contribution in [3.63, 3.8) is 0 Å². The first kappa shape index (κ1) is 10.4. The van der Waals surface area contributed by atoms with Gasteiger partial charge in [-0.2, -0.15) is 0 Å². The molecule has 2 aliphatic heterocycles. The Morgan fingerprint density at radius 2 is 2.07 bits per heavy atom. The van der Waals surface area contributed by atoms with Gasteiger partial charge in [-0.15, -0.1) is 0 Å². The molecule has 14 heavy (non-hydrogen) atoms. The minimum absolute atomic E-state index is 0.0842. The molecule has 0 aromatic rings. The molecule has 0 bridgehead atoms. The molecule has 2 aliphatic rings. The minimum Gasteiger partial charge on any atom is -0.373 e. The maximum absolute atomic E-state index is 5.62. The van der Waals surface area contributed by atoms with Gasteiger partial charge in [0.05, 0.1) is 12.7 Å². The Hall–Kier alpha value is -0.120. The lowest BCUT2D eigenvalue weighted by molar-refractivity contribution is -0.162. The molecule has 0 aromatic carbocycles. The summed E-state index contributed by atoms with van der Waals surface area (Å²) in [5.74, 6) is 0. The van der Waals surface area contributed by atoms with Crippen molar-refractivity contribution in [2.75, 3.05) is 19.8 Å². The van der Waals surface area contributed by atoms with Crippen LogP contribution in [0, 0.1) is 0 Å². The lowest BCUT2D eigenvalue weighted by Gasteiger charge is -2.22. The van der Waals surface area contributed by atoms with E-state index in [2.05, 4.69) is 0 Å². The first-order valence-corrected chi connectivity index (χ1v) is 5.80. The van der Waals surface area contributed by atoms with E-state index in [1.54, 1.807) is 0 Å². The lowest BCUT2D eigenvalue weighted by atomic mass is 10.2. The minimum atomic E-state index is 0.0842. The molecule has 0 amide bonds. The number of hydrogen-bond acceptors (Lipinski definition) is 3. The van der Waals surface area contributed by atoms with E-state index in [1.165, 1.54) is 25.7 Å². The fourth-order valence-electron chi connectivity index (χ4n) is 1.77. The van der Waals surface area contributed by atoms with E-state index < -0.39 is 0 Å². The highest BCUT2D eigenvalue weighted by molar-refractivity contribution is 4.68. The summed E-state index contributed by atoms with van der Waals surface area (Å²) in [7, 11) is 0. The van der Waals surface area contributed by atoms with Crippen molar-refractivity contribution < 1.29 is 14.2 Å². The van der Waals surface area contributed by atoms with Gasteiger partial charge >= 0.3 is 0 Å². The van der Waals surface area contributed by atoms with Gasteiger partial charge < -0.3 is 14.2 Å². The van der Waals surface area contributed by atoms with Crippen molar-refractivity contribution in [1.82, 2.24) is 0 Å². The summed E-state index contributed by atoms with van der Waals surface area (Å²) in [6, 6.07) is 0. The molecule has 2 heterocycles. The number of rotatable bonds is 6. The molecular weight excluding hydrogens is 180 g/mol. The van der Waals surface area contributed by atoms with E-state index >= 15 is 0 Å². The van der Waals surface area contributed by atoms with Crippen LogP contribution < -0.4 is 0 Å². The van der Waals surface area contributed by atoms with Crippen LogP contribution in [0.1, 0.15) is 38.5 Å². The summed E-state index contributed by atoms with van der Waals surface area (Å²) >= 11 is 0. The zero-order valence-electron chi connectivity index (χ0n) is 8.74. The smallest absolute Gasteiger partial charge is 0.157 e. The van der Waals surface area contributed by atoms with Crippen LogP contribution in [0.2, 0.25) is 0 Å². The number of unbranched alkanes of at least 4 members (excludes halogenated alkanes) is 1. The predicted octanol–water partition coefficient (Wildman–Crippen LogP) is 2.10. The molecule has 0 radical (unpaired) electrons. The molecule has 2 atom stereocenters. The average Bonchev–Trinajstić information content (AvgIpc) is 3.03. The quantitative estimate of drug-likeness (QED) is 0.486. The van der Waals surface area contributed by atoms with Gasteiger partial charge in [0.2, 0.25) is 0 Å². The van der Waals surface area contributed by atoms with Crippen molar-refractivity contribution >= 4 is 0 Å². The van der Waals surface area contributed by atoms with Gasteiger partial charge in [0.1, 0.15) is 0 Å². The second-order valence-corrected chi connectivity index (χ2v) is 4.12. The molecular formula is C11H20O3. The standard InChI is InChI=1S/C11H20O3/c1(5-10-9-14-10)3-7-12-11-6-2-4-8-13-11/h10-11H,1-9H2/t10-,11?/m0/s1. The molecule has 82 valence electrons. The molecule has 0 aliphatic carbocycles. The first-order chi connectivity index (χ1) is 6.95. The maximum Gasteiger partial charge on any atom is 0.157 e. The van der Waals surface area contributed by atoms with Crippen LogP contribution in [0.15, 0.2) is 0 Å². The summed E-state index contributed by atoms with van der Waals surface area (Å²) in [6.07, 6.45) is 7.74. The van der Waals surface area contributed by atoms with Crippen LogP contribution in [-0.4, -0.2) is 32.2 Å². The van der Waals surface area contributed by atoms with Gasteiger partial charge in [-0.1, -0.05) is 0 Å². The highest BCUT2D eigenvalue weighted by Gasteiger charge is 2.21. The van der Waals surface area contributed by atoms with Gasteiger partial charge in [-0.25, -0.2) is 0 Å². The molecule has 2 fully saturated rings. The normalized spacial score (nSPS) is 31.7. The third-order valence-electron chi connectivity index (χ3n) is 2.76. The summed E-state index contributed by atoms with van der Waals surface area (Å²) in [5.41, 5.74) is 0. The molecule has 0 saturated carbocycles. The zero-order valence-corrected chi connectivity index (χ0v) is 8.74. The molecule has 3 nitrogen and oxygen atoms in total. The van der Waals surface area contributed by atoms with Crippen LogP contribution in [0.5, 0.6) is 0 Å². The topological polar surface area (TPSA) is 31.0 Å². The van der Waals surface area contributed by atoms with E-state index in [1.807, 2.05) is 0 Å². The average molecular weight is 200 g/mol. The van der Waals surface area contributed by atoms with Gasteiger partial charge in [-0.05, 0) is 38.5 Å². The second-order valence-electron chi connectivity index (χ2n) is 4.12. The maximum atomic E-state index is 5.62. The van der Waals surface area contributed by atoms with E-state index in [0.717, 1.165) is 32.7 Å². The molecule has 2 rings (SSSR count). The van der Waals surface area contributed by atoms with E-state index in [9.17, 15) is 0 Å². The SMILES string of the molecule is C1CCC(OCCCC[C@H]2CO2)OC1. The predicted molar refractivity (Wildman–Crippen MR) is 53.1 cm³/mol. The van der Waals surface area contributed by atoms with Gasteiger partial charge in [0.15, 0.2) is 6.29 Å². The Labute approximate surface area is 85.7 Å². The zero-order chi connectivity index (χ0) is 9.64. The largest absolute Gasteiger partial charge is 0.373 e. The van der Waals surface area contributed by atoms with Crippen LogP contribution in [0.3, 0.4) is 0 Å². The van der Waals surface area contributed by atoms with Gasteiger partial charge in [0, 0.05) is 13.2 Å². The molecule has 0 spiro atoms. The van der Waals surface area contributed by atoms with E-state index in [-0.39, 0.29) is 6.29 Å². The van der Waals surface area contributed by atoms with E-state index in [4.69, 9.17) is 14.2 Å². The molecule has 3 heteroatoms. The van der Waals surface area contributed by atoms with Crippen molar-refractivity contribution in [3.8, 4) is 0 Å². The van der Waals surface area contributed by atoms with Gasteiger partial charge in [-0.3, -0.25) is 0 Å². The third-order valence-corrected chi connectivity index (χ3v) is 2.76. The number of hydrogen-bond donors (Lipinski definition) is 0. The van der Waals surface area contributed by atoms with Crippen LogP contribution in [0.4, 0.5) is 0 Å². The number of epoxide rings is 1. The molecule has 2 saturated heterocycles. The third kappa shape index (κ3) is 3.95. The second kappa shape index (κ2) is 5.69. The monoisotopic (exact) mass is 200 g/mol. The Morgan fingerprint density at radius 1 is 1.14 bits per heavy atom. The fraction of sp³-hybridized carbons (Fsp3) is 1.00. The van der Waals surface area contributed by atoms with Crippen LogP contribution >= 0.6 is 0 Å². The lowest BCUT2D eigenvalue weighted by Crippen LogP contribution is -2.22. The Kier molecular flexibility index (Phi) is 4.22. The summed E-state index contributed by atoms with van der Waals surface area (Å²) in [5, 5.41) is 0. The Morgan fingerprint density at radius 3 is 2.79 bits per heavy atom. The molecule has 1 unspecified atom stereocenters. The Bertz CT molecular complexity index is 151. The summed E-state index contributed by atoms with van der Waals surface area (Å²) in [6.45, 7) is 2.70. The van der Waals surface area contributed by atoms with Crippen molar-refractivity contribution in [2.24, 2.45) is 0 Å². The van der Waals surface area contributed by atoms with E-state index in [0.29, 0.717) is 6.10 Å². The summed E-state index contributed by atoms with van der Waals surface area (Å²) in [4.78, 5) is 0. The van der Waals surface area contributed by atoms with Crippen LogP contribution in [0.25, 0.3) is 0 Å². The van der Waals surface area contributed by atoms with Crippen molar-refractivity contribution in [1.29, 1.82) is 0 Å². The highest BCUT2D eigenvalue weighted by atomic mass is 16.7. The first-order valence-electron chi connectivity index (χ1n) is 5.80. The number of ether oxygens (including phenoxy) is 3. The molecule has 0 aromatic heterocycles. The van der Waals surface area contributed by atoms with Crippen LogP contribution in [-0.2, 0) is 14.2 Å². The van der Waals surface area contributed by atoms with Crippen molar-refractivity contribution in [3.05, 3.63) is 0 Å².